The highest BCUT2D eigenvalue weighted by molar-refractivity contribution is 6.24. The summed E-state index contributed by atoms with van der Waals surface area (Å²) in [6, 6.07) is 25.6. The second kappa shape index (κ2) is 16.5. The van der Waals surface area contributed by atoms with E-state index in [4.69, 9.17) is 10.5 Å². The number of para-hydroxylation sites is 1. The molecule has 6 N–H and O–H groups in total. The van der Waals surface area contributed by atoms with Gasteiger partial charge in [-0.1, -0.05) is 48.5 Å². The Kier molecular flexibility index (Phi) is 11.0. The van der Waals surface area contributed by atoms with Crippen molar-refractivity contribution in [3.05, 3.63) is 119 Å². The van der Waals surface area contributed by atoms with Crippen molar-refractivity contribution in [2.24, 2.45) is 5.73 Å². The maximum absolute atomic E-state index is 13.2. The van der Waals surface area contributed by atoms with Crippen molar-refractivity contribution in [3.8, 4) is 16.9 Å². The highest BCUT2D eigenvalue weighted by Crippen LogP contribution is 2.34. The Morgan fingerprint density at radius 2 is 1.58 bits per heavy atom. The van der Waals surface area contributed by atoms with E-state index in [2.05, 4.69) is 26.3 Å². The van der Waals surface area contributed by atoms with Gasteiger partial charge in [0.15, 0.2) is 6.61 Å². The molecule has 3 heterocycles. The topological polar surface area (TPSA) is 219 Å². The highest BCUT2D eigenvalue weighted by atomic mass is 16.5. The van der Waals surface area contributed by atoms with Gasteiger partial charge in [-0.25, -0.2) is 0 Å². The molecule has 0 spiro atoms. The van der Waals surface area contributed by atoms with E-state index in [1.54, 1.807) is 12.1 Å². The molecule has 57 heavy (non-hydrogen) atoms. The lowest BCUT2D eigenvalue weighted by atomic mass is 10.0. The zero-order valence-electron chi connectivity index (χ0n) is 30.5. The van der Waals surface area contributed by atoms with E-state index in [-0.39, 0.29) is 41.2 Å². The molecule has 5 aromatic rings. The predicted octanol–water partition coefficient (Wildman–Crippen LogP) is 3.85. The van der Waals surface area contributed by atoms with Crippen molar-refractivity contribution in [1.82, 2.24) is 25.8 Å². The summed E-state index contributed by atoms with van der Waals surface area (Å²) in [4.78, 5) is 93.0. The number of carbonyl (C=O) groups excluding carboxylic acids is 7. The molecule has 0 bridgehead atoms. The van der Waals surface area contributed by atoms with E-state index in [0.717, 1.165) is 27.1 Å². The van der Waals surface area contributed by atoms with E-state index in [9.17, 15) is 33.6 Å². The minimum atomic E-state index is -1.11. The van der Waals surface area contributed by atoms with E-state index >= 15 is 0 Å². The number of hydrogen-bond acceptors (Lipinski definition) is 10. The summed E-state index contributed by atoms with van der Waals surface area (Å²) in [6.45, 7) is 0.280. The molecule has 0 radical (unpaired) electrons. The number of aromatic nitrogens is 1. The second-order valence-electron chi connectivity index (χ2n) is 13.4. The third kappa shape index (κ3) is 8.17. The number of carbonyl (C=O) groups is 7. The van der Waals surface area contributed by atoms with Crippen LogP contribution in [0.4, 0.5) is 11.4 Å². The second-order valence-corrected chi connectivity index (χ2v) is 13.4. The van der Waals surface area contributed by atoms with Gasteiger partial charge in [0, 0.05) is 42.3 Å². The quantitative estimate of drug-likeness (QED) is 0.0812. The van der Waals surface area contributed by atoms with Gasteiger partial charge >= 0.3 is 0 Å². The summed E-state index contributed by atoms with van der Waals surface area (Å²) in [5.41, 5.74) is 10.2. The summed E-state index contributed by atoms with van der Waals surface area (Å²) < 4.78 is 5.62. The lowest BCUT2D eigenvalue weighted by molar-refractivity contribution is -0.136. The van der Waals surface area contributed by atoms with Crippen LogP contribution >= 0.6 is 0 Å². The minimum Gasteiger partial charge on any atom is -0.483 e. The Labute approximate surface area is 326 Å². The first-order valence-corrected chi connectivity index (χ1v) is 18.3. The summed E-state index contributed by atoms with van der Waals surface area (Å²) >= 11 is 0. The number of ether oxygens (including phenoxy) is 1. The molecule has 288 valence electrons. The molecule has 4 aromatic carbocycles. The van der Waals surface area contributed by atoms with Crippen LogP contribution < -0.4 is 31.7 Å². The van der Waals surface area contributed by atoms with Crippen LogP contribution in [-0.2, 0) is 14.4 Å². The van der Waals surface area contributed by atoms with E-state index < -0.39 is 48.1 Å². The van der Waals surface area contributed by atoms with Gasteiger partial charge in [0.25, 0.3) is 29.5 Å². The van der Waals surface area contributed by atoms with Gasteiger partial charge in [0.05, 0.1) is 27.9 Å². The molecule has 1 unspecified atom stereocenters. The Balaban J connectivity index is 0.861. The fourth-order valence-electron chi connectivity index (χ4n) is 6.75. The van der Waals surface area contributed by atoms with Gasteiger partial charge < -0.3 is 26.4 Å². The number of nitrogens with zero attached hydrogens (tertiary/aromatic N) is 2. The number of imide groups is 2. The summed E-state index contributed by atoms with van der Waals surface area (Å²) in [5, 5.41) is 11.8. The molecule has 1 saturated heterocycles. The molecule has 7 rings (SSSR count). The van der Waals surface area contributed by atoms with Crippen LogP contribution in [0.25, 0.3) is 22.0 Å². The van der Waals surface area contributed by atoms with Crippen molar-refractivity contribution in [1.29, 1.82) is 0 Å². The largest absolute Gasteiger partial charge is 0.483 e. The van der Waals surface area contributed by atoms with Crippen molar-refractivity contribution in [2.75, 3.05) is 25.0 Å². The molecule has 15 heteroatoms. The molecule has 15 nitrogen and oxygen atoms in total. The molecule has 1 fully saturated rings. The molecule has 1 aromatic heterocycles. The first kappa shape index (κ1) is 37.9. The lowest BCUT2D eigenvalue weighted by Crippen LogP contribution is -2.54. The third-order valence-corrected chi connectivity index (χ3v) is 9.66. The number of nitrogens with two attached hydrogens (primary N) is 1. The molecule has 1 atom stereocenters. The number of rotatable bonds is 14. The van der Waals surface area contributed by atoms with Crippen molar-refractivity contribution in [3.63, 3.8) is 0 Å². The van der Waals surface area contributed by atoms with Gasteiger partial charge in [-0.3, -0.25) is 48.8 Å². The molecular formula is C42H37N7O8. The number of primary amides is 1. The number of hydrogen-bond donors (Lipinski definition) is 5. The van der Waals surface area contributed by atoms with E-state index in [1.165, 1.54) is 24.4 Å². The number of amides is 7. The number of benzene rings is 4. The minimum absolute atomic E-state index is 0.0000754. The number of unbranched alkanes of at least 4 members (excludes halogenated alkanes) is 1. The van der Waals surface area contributed by atoms with Gasteiger partial charge in [-0.15, -0.1) is 0 Å². The number of piperidine rings is 1. The number of nitrogens with one attached hydrogen (secondary N) is 4. The average molecular weight is 768 g/mol. The number of anilines is 2. The highest BCUT2D eigenvalue weighted by Gasteiger charge is 2.46. The van der Waals surface area contributed by atoms with Gasteiger partial charge in [-0.05, 0) is 72.9 Å². The Bertz CT molecular complexity index is 2440. The molecule has 0 aliphatic carbocycles. The Hall–Kier alpha value is -7.42. The van der Waals surface area contributed by atoms with Crippen LogP contribution in [0.1, 0.15) is 67.1 Å². The molecule has 2 aliphatic heterocycles. The van der Waals surface area contributed by atoms with Crippen molar-refractivity contribution in [2.45, 2.75) is 31.7 Å². The maximum Gasteiger partial charge on any atom is 0.266 e. The predicted molar refractivity (Wildman–Crippen MR) is 209 cm³/mol. The van der Waals surface area contributed by atoms with Gasteiger partial charge in [0.2, 0.25) is 11.8 Å². The van der Waals surface area contributed by atoms with Crippen LogP contribution in [0.2, 0.25) is 0 Å². The van der Waals surface area contributed by atoms with Crippen molar-refractivity contribution >= 4 is 63.6 Å². The van der Waals surface area contributed by atoms with Crippen LogP contribution in [0, 0.1) is 0 Å². The van der Waals surface area contributed by atoms with Crippen LogP contribution in [-0.4, -0.2) is 77.0 Å². The standard InChI is InChI=1S/C42H37N7O8/c43-38(52)30-22-46-31-21-26(15-16-28(31)37(30)47-27-7-2-1-3-8-27)24-11-13-25(14-12-24)39(53)45-20-5-4-19-44-35(51)23-57-33-10-6-9-29-36(33)42(56)49(41(29)55)32-17-18-34(50)48-40(32)54/h1-3,6-16,21-22,32H,4-5,17-20,23H2,(H2,43,52)(H,44,51)(H,45,53)(H,46,47)(H,48,50,54). The van der Waals surface area contributed by atoms with Gasteiger partial charge in [0.1, 0.15) is 11.8 Å². The zero-order chi connectivity index (χ0) is 40.1. The molecule has 7 amide bonds. The van der Waals surface area contributed by atoms with E-state index in [1.807, 2.05) is 60.7 Å². The average Bonchev–Trinajstić information content (AvgIpc) is 3.47. The Morgan fingerprint density at radius 3 is 2.32 bits per heavy atom. The lowest BCUT2D eigenvalue weighted by Gasteiger charge is -2.27. The SMILES string of the molecule is NC(=O)c1cnc2cc(-c3ccc(C(=O)NCCCCNC(=O)COc4cccc5c4C(=O)N(C4CCC(=O)NC4=O)C5=O)cc3)ccc2c1Nc1ccccc1. The monoisotopic (exact) mass is 767 g/mol. The fraction of sp³-hybridized carbons (Fsp3) is 0.190. The van der Waals surface area contributed by atoms with Crippen LogP contribution in [0.15, 0.2) is 97.2 Å². The normalized spacial score (nSPS) is 14.9. The van der Waals surface area contributed by atoms with Gasteiger partial charge in [-0.2, -0.15) is 0 Å². The first-order chi connectivity index (χ1) is 27.6. The van der Waals surface area contributed by atoms with Crippen LogP contribution in [0.3, 0.4) is 0 Å². The first-order valence-electron chi connectivity index (χ1n) is 18.3. The smallest absolute Gasteiger partial charge is 0.266 e. The van der Waals surface area contributed by atoms with Crippen LogP contribution in [0.5, 0.6) is 5.75 Å². The number of pyridine rings is 1. The molecule has 0 saturated carbocycles. The Morgan fingerprint density at radius 1 is 0.842 bits per heavy atom. The summed E-state index contributed by atoms with van der Waals surface area (Å²) in [6.07, 6.45) is 2.64. The summed E-state index contributed by atoms with van der Waals surface area (Å²) in [7, 11) is 0. The zero-order valence-corrected chi connectivity index (χ0v) is 30.5. The maximum atomic E-state index is 13.2. The summed E-state index contributed by atoms with van der Waals surface area (Å²) in [5.74, 6) is -3.83. The molecular weight excluding hydrogens is 731 g/mol. The number of fused-ring (bicyclic) bond motifs is 2. The van der Waals surface area contributed by atoms with Crippen molar-refractivity contribution < 1.29 is 38.3 Å². The molecule has 2 aliphatic rings. The van der Waals surface area contributed by atoms with E-state index in [0.29, 0.717) is 42.7 Å². The third-order valence-electron chi connectivity index (χ3n) is 9.66. The fourth-order valence-corrected chi connectivity index (χ4v) is 6.75.